The summed E-state index contributed by atoms with van der Waals surface area (Å²) >= 11 is 0. The molecule has 2 rings (SSSR count). The molecule has 25 heavy (non-hydrogen) atoms. The van der Waals surface area contributed by atoms with Crippen LogP contribution in [0.15, 0.2) is 54.6 Å². The van der Waals surface area contributed by atoms with Crippen LogP contribution in [0.5, 0.6) is 0 Å². The van der Waals surface area contributed by atoms with E-state index in [1.807, 2.05) is 68.4 Å². The molecule has 0 spiro atoms. The second kappa shape index (κ2) is 9.02. The van der Waals surface area contributed by atoms with Gasteiger partial charge in [0.15, 0.2) is 0 Å². The van der Waals surface area contributed by atoms with E-state index in [-0.39, 0.29) is 24.3 Å². The van der Waals surface area contributed by atoms with Gasteiger partial charge in [-0.1, -0.05) is 60.2 Å². The zero-order valence-electron chi connectivity index (χ0n) is 14.7. The SMILES string of the molecule is Cc1ccc(C(C)C(=O)NC(CCC(=O)O)Cc2ccccc2)cc1. The number of hydrogen-bond donors (Lipinski definition) is 2. The quantitative estimate of drug-likeness (QED) is 0.771. The number of amides is 1. The van der Waals surface area contributed by atoms with Crippen LogP contribution in [0.3, 0.4) is 0 Å². The fourth-order valence-electron chi connectivity index (χ4n) is 2.75. The highest BCUT2D eigenvalue weighted by atomic mass is 16.4. The van der Waals surface area contributed by atoms with E-state index in [1.165, 1.54) is 0 Å². The summed E-state index contributed by atoms with van der Waals surface area (Å²) in [5, 5.41) is 12.0. The molecular weight excluding hydrogens is 314 g/mol. The molecule has 1 amide bonds. The van der Waals surface area contributed by atoms with Gasteiger partial charge in [-0.2, -0.15) is 0 Å². The Labute approximate surface area is 148 Å². The first-order valence-electron chi connectivity index (χ1n) is 8.58. The lowest BCUT2D eigenvalue weighted by atomic mass is 9.97. The zero-order valence-corrected chi connectivity index (χ0v) is 14.7. The van der Waals surface area contributed by atoms with Crippen molar-refractivity contribution < 1.29 is 14.7 Å². The number of nitrogens with one attached hydrogen (secondary N) is 1. The van der Waals surface area contributed by atoms with E-state index in [4.69, 9.17) is 5.11 Å². The van der Waals surface area contributed by atoms with Gasteiger partial charge in [-0.15, -0.1) is 0 Å². The van der Waals surface area contributed by atoms with Gasteiger partial charge in [-0.25, -0.2) is 0 Å². The lowest BCUT2D eigenvalue weighted by Crippen LogP contribution is -2.39. The summed E-state index contributed by atoms with van der Waals surface area (Å²) in [6.07, 6.45) is 1.08. The molecule has 132 valence electrons. The minimum atomic E-state index is -0.848. The summed E-state index contributed by atoms with van der Waals surface area (Å²) in [6.45, 7) is 3.88. The van der Waals surface area contributed by atoms with Crippen LogP contribution in [0.1, 0.15) is 42.4 Å². The second-order valence-electron chi connectivity index (χ2n) is 6.46. The van der Waals surface area contributed by atoms with Crippen LogP contribution in [-0.4, -0.2) is 23.0 Å². The number of carbonyl (C=O) groups is 2. The van der Waals surface area contributed by atoms with Crippen molar-refractivity contribution in [3.63, 3.8) is 0 Å². The minimum Gasteiger partial charge on any atom is -0.481 e. The second-order valence-corrected chi connectivity index (χ2v) is 6.46. The topological polar surface area (TPSA) is 66.4 Å². The van der Waals surface area contributed by atoms with Gasteiger partial charge in [-0.3, -0.25) is 9.59 Å². The monoisotopic (exact) mass is 339 g/mol. The fourth-order valence-corrected chi connectivity index (χ4v) is 2.75. The van der Waals surface area contributed by atoms with E-state index in [1.54, 1.807) is 0 Å². The summed E-state index contributed by atoms with van der Waals surface area (Å²) in [6, 6.07) is 17.5. The molecule has 0 heterocycles. The Morgan fingerprint density at radius 2 is 1.68 bits per heavy atom. The van der Waals surface area contributed by atoms with Crippen molar-refractivity contribution >= 4 is 11.9 Å². The Balaban J connectivity index is 2.04. The van der Waals surface area contributed by atoms with Gasteiger partial charge in [0, 0.05) is 12.5 Å². The Bertz CT molecular complexity index is 695. The molecule has 2 N–H and O–H groups in total. The van der Waals surface area contributed by atoms with Crippen molar-refractivity contribution in [3.8, 4) is 0 Å². The Kier molecular flexibility index (Phi) is 6.75. The van der Waals surface area contributed by atoms with Crippen LogP contribution >= 0.6 is 0 Å². The van der Waals surface area contributed by atoms with Gasteiger partial charge < -0.3 is 10.4 Å². The highest BCUT2D eigenvalue weighted by Crippen LogP contribution is 2.17. The molecule has 0 saturated heterocycles. The van der Waals surface area contributed by atoms with Gasteiger partial charge in [-0.05, 0) is 37.8 Å². The molecule has 0 aliphatic rings. The molecule has 2 aromatic rings. The number of carbonyl (C=O) groups excluding carboxylic acids is 1. The molecule has 0 radical (unpaired) electrons. The van der Waals surface area contributed by atoms with E-state index in [2.05, 4.69) is 5.32 Å². The highest BCUT2D eigenvalue weighted by molar-refractivity contribution is 5.83. The molecule has 0 fully saturated rings. The Morgan fingerprint density at radius 3 is 2.28 bits per heavy atom. The maximum atomic E-state index is 12.6. The third kappa shape index (κ3) is 6.07. The fraction of sp³-hybridized carbons (Fsp3) is 0.333. The minimum absolute atomic E-state index is 0.0384. The molecule has 4 nitrogen and oxygen atoms in total. The molecule has 2 atom stereocenters. The third-order valence-electron chi connectivity index (χ3n) is 4.35. The van der Waals surface area contributed by atoms with Crippen molar-refractivity contribution in [2.45, 2.75) is 45.1 Å². The van der Waals surface area contributed by atoms with Gasteiger partial charge in [0.1, 0.15) is 0 Å². The molecule has 0 bridgehead atoms. The van der Waals surface area contributed by atoms with E-state index in [0.29, 0.717) is 12.8 Å². The maximum Gasteiger partial charge on any atom is 0.303 e. The first kappa shape index (κ1) is 18.7. The first-order chi connectivity index (χ1) is 12.0. The summed E-state index contributed by atoms with van der Waals surface area (Å²) in [5.74, 6) is -1.20. The number of carboxylic acid groups (broad SMARTS) is 1. The number of aryl methyl sites for hydroxylation is 1. The van der Waals surface area contributed by atoms with Crippen LogP contribution in [0.2, 0.25) is 0 Å². The van der Waals surface area contributed by atoms with Gasteiger partial charge in [0.05, 0.1) is 5.92 Å². The number of benzene rings is 2. The number of rotatable bonds is 8. The van der Waals surface area contributed by atoms with Crippen LogP contribution in [0, 0.1) is 6.92 Å². The van der Waals surface area contributed by atoms with E-state index < -0.39 is 5.97 Å². The van der Waals surface area contributed by atoms with E-state index >= 15 is 0 Å². The van der Waals surface area contributed by atoms with Crippen LogP contribution in [-0.2, 0) is 16.0 Å². The predicted octanol–water partition coefficient (Wildman–Crippen LogP) is 3.69. The molecule has 2 aromatic carbocycles. The van der Waals surface area contributed by atoms with Crippen molar-refractivity contribution in [3.05, 3.63) is 71.3 Å². The predicted molar refractivity (Wildman–Crippen MR) is 98.5 cm³/mol. The summed E-state index contributed by atoms with van der Waals surface area (Å²) < 4.78 is 0. The highest BCUT2D eigenvalue weighted by Gasteiger charge is 2.20. The molecule has 0 aliphatic heterocycles. The van der Waals surface area contributed by atoms with Gasteiger partial charge in [0.2, 0.25) is 5.91 Å². The van der Waals surface area contributed by atoms with Crippen molar-refractivity contribution in [1.29, 1.82) is 0 Å². The average Bonchev–Trinajstić information content (AvgIpc) is 2.60. The molecule has 0 aromatic heterocycles. The number of carboxylic acids is 1. The zero-order chi connectivity index (χ0) is 18.2. The first-order valence-corrected chi connectivity index (χ1v) is 8.58. The van der Waals surface area contributed by atoms with Crippen molar-refractivity contribution in [1.82, 2.24) is 5.32 Å². The lowest BCUT2D eigenvalue weighted by molar-refractivity contribution is -0.137. The molecule has 0 saturated carbocycles. The maximum absolute atomic E-state index is 12.6. The standard InChI is InChI=1S/C21H25NO3/c1-15-8-10-18(11-9-15)16(2)21(25)22-19(12-13-20(23)24)14-17-6-4-3-5-7-17/h3-11,16,19H,12-14H2,1-2H3,(H,22,25)(H,23,24). The van der Waals surface area contributed by atoms with Crippen LogP contribution in [0.25, 0.3) is 0 Å². The van der Waals surface area contributed by atoms with E-state index in [0.717, 1.165) is 16.7 Å². The van der Waals surface area contributed by atoms with Gasteiger partial charge in [0.25, 0.3) is 0 Å². The largest absolute Gasteiger partial charge is 0.481 e. The molecule has 0 aliphatic carbocycles. The average molecular weight is 339 g/mol. The van der Waals surface area contributed by atoms with E-state index in [9.17, 15) is 9.59 Å². The van der Waals surface area contributed by atoms with Crippen LogP contribution < -0.4 is 5.32 Å². The lowest BCUT2D eigenvalue weighted by Gasteiger charge is -2.21. The summed E-state index contributed by atoms with van der Waals surface area (Å²) in [7, 11) is 0. The summed E-state index contributed by atoms with van der Waals surface area (Å²) in [4.78, 5) is 23.5. The number of aliphatic carboxylic acids is 1. The third-order valence-corrected chi connectivity index (χ3v) is 4.35. The van der Waals surface area contributed by atoms with Gasteiger partial charge >= 0.3 is 5.97 Å². The molecular formula is C21H25NO3. The smallest absolute Gasteiger partial charge is 0.303 e. The Morgan fingerprint density at radius 1 is 1.04 bits per heavy atom. The summed E-state index contributed by atoms with van der Waals surface area (Å²) in [5.41, 5.74) is 3.20. The molecule has 2 unspecified atom stereocenters. The normalized spacial score (nSPS) is 13.0. The van der Waals surface area contributed by atoms with Crippen molar-refractivity contribution in [2.75, 3.05) is 0 Å². The number of hydrogen-bond acceptors (Lipinski definition) is 2. The molecule has 4 heteroatoms. The van der Waals surface area contributed by atoms with Crippen LogP contribution in [0.4, 0.5) is 0 Å². The van der Waals surface area contributed by atoms with Crippen molar-refractivity contribution in [2.24, 2.45) is 0 Å². The Hall–Kier alpha value is -2.62.